The van der Waals surface area contributed by atoms with E-state index in [0.717, 1.165) is 5.56 Å². The van der Waals surface area contributed by atoms with Crippen molar-refractivity contribution in [2.45, 2.75) is 24.5 Å². The maximum Gasteiger partial charge on any atom is 1.00 e. The molecule has 1 aromatic carbocycles. The number of benzene rings is 1. The van der Waals surface area contributed by atoms with Crippen LogP contribution in [0.2, 0.25) is 0 Å². The van der Waals surface area contributed by atoms with Gasteiger partial charge in [0.25, 0.3) is 7.82 Å². The number of phosphoric ester groups is 1. The van der Waals surface area contributed by atoms with Crippen LogP contribution in [0.1, 0.15) is 6.23 Å². The van der Waals surface area contributed by atoms with Crippen LogP contribution in [0.3, 0.4) is 0 Å². The number of fused-ring (bicyclic) bond motifs is 1. The molecule has 0 aliphatic carbocycles. The van der Waals surface area contributed by atoms with Crippen LogP contribution < -0.4 is 40.2 Å². The van der Waals surface area contributed by atoms with Crippen molar-refractivity contribution in [3.05, 3.63) is 42.9 Å². The molecule has 1 aliphatic rings. The summed E-state index contributed by atoms with van der Waals surface area (Å²) >= 11 is 0. The number of phosphoric acid groups is 1. The smallest absolute Gasteiger partial charge is 0.756 e. The van der Waals surface area contributed by atoms with E-state index < -0.39 is 39.0 Å². The van der Waals surface area contributed by atoms with Gasteiger partial charge in [0.1, 0.15) is 36.1 Å². The Balaban J connectivity index is 0.00000256. The van der Waals surface area contributed by atoms with E-state index in [4.69, 9.17) is 15.4 Å². The van der Waals surface area contributed by atoms with Gasteiger partial charge < -0.3 is 39.6 Å². The van der Waals surface area contributed by atoms with Crippen molar-refractivity contribution in [3.8, 4) is 11.1 Å². The van der Waals surface area contributed by atoms with Gasteiger partial charge in [0.15, 0.2) is 6.23 Å². The van der Waals surface area contributed by atoms with Crippen molar-refractivity contribution in [3.63, 3.8) is 0 Å². The van der Waals surface area contributed by atoms with Crippen molar-refractivity contribution in [1.82, 2.24) is 14.5 Å². The van der Waals surface area contributed by atoms with E-state index in [1.54, 1.807) is 6.20 Å². The molecule has 3 heterocycles. The van der Waals surface area contributed by atoms with E-state index in [0.29, 0.717) is 16.6 Å². The summed E-state index contributed by atoms with van der Waals surface area (Å²) in [5, 5.41) is 21.3. The van der Waals surface area contributed by atoms with Gasteiger partial charge in [-0.2, -0.15) is 0 Å². The van der Waals surface area contributed by atoms with E-state index in [2.05, 4.69) is 14.5 Å². The van der Waals surface area contributed by atoms with Crippen LogP contribution >= 0.6 is 7.82 Å². The normalized spacial score (nSPS) is 25.7. The number of hydrogen-bond donors (Lipinski definition) is 4. The fourth-order valence-electron chi connectivity index (χ4n) is 3.40. The summed E-state index contributed by atoms with van der Waals surface area (Å²) in [4.78, 5) is 27.8. The number of nitrogen functional groups attached to an aromatic ring is 1. The first-order chi connectivity index (χ1) is 13.8. The van der Waals surface area contributed by atoms with Crippen LogP contribution in [0.5, 0.6) is 0 Å². The maximum absolute atomic E-state index is 10.8. The Morgan fingerprint density at radius 1 is 1.23 bits per heavy atom. The van der Waals surface area contributed by atoms with Crippen LogP contribution in [0.15, 0.2) is 42.9 Å². The third-order valence-corrected chi connectivity index (χ3v) is 5.21. The van der Waals surface area contributed by atoms with Crippen molar-refractivity contribution in [1.29, 1.82) is 0 Å². The summed E-state index contributed by atoms with van der Waals surface area (Å²) in [7, 11) is -5.00. The molecule has 0 saturated carbocycles. The molecule has 0 amide bonds. The predicted molar refractivity (Wildman–Crippen MR) is 99.1 cm³/mol. The summed E-state index contributed by atoms with van der Waals surface area (Å²) in [5.74, 6) is 0.230. The molecule has 0 radical (unpaired) electrons. The van der Waals surface area contributed by atoms with Gasteiger partial charge in [-0.25, -0.2) is 9.97 Å². The number of aliphatic hydroxyl groups is 2. The van der Waals surface area contributed by atoms with Gasteiger partial charge in [0.05, 0.1) is 12.0 Å². The van der Waals surface area contributed by atoms with Gasteiger partial charge in [-0.1, -0.05) is 30.3 Å². The van der Waals surface area contributed by atoms with Gasteiger partial charge in [-0.3, -0.25) is 4.57 Å². The third kappa shape index (κ3) is 4.46. The molecule has 1 aliphatic heterocycles. The Hall–Kier alpha value is -1.37. The van der Waals surface area contributed by atoms with Crippen molar-refractivity contribution in [2.24, 2.45) is 0 Å². The number of hydrogen-bond acceptors (Lipinski definition) is 9. The van der Waals surface area contributed by atoms with Gasteiger partial charge in [-0.05, 0) is 5.56 Å². The molecule has 4 rings (SSSR count). The van der Waals surface area contributed by atoms with Crippen molar-refractivity contribution >= 4 is 24.7 Å². The fraction of sp³-hybridized carbons (Fsp3) is 0.294. The first-order valence-corrected chi connectivity index (χ1v) is 10.1. The molecule has 5 atom stereocenters. The summed E-state index contributed by atoms with van der Waals surface area (Å²) in [6.07, 6.45) is -2.23. The molecule has 154 valence electrons. The van der Waals surface area contributed by atoms with Crippen molar-refractivity contribution in [2.75, 3.05) is 12.3 Å². The quantitative estimate of drug-likeness (QED) is 0.231. The molecule has 0 spiro atoms. The number of nitrogens with zero attached hydrogens (tertiary/aromatic N) is 3. The minimum absolute atomic E-state index is 0. The summed E-state index contributed by atoms with van der Waals surface area (Å²) in [6, 6.07) is 9.31. The molecule has 5 N–H and O–H groups in total. The van der Waals surface area contributed by atoms with Crippen LogP contribution in [0.4, 0.5) is 5.82 Å². The second-order valence-electron chi connectivity index (χ2n) is 6.58. The Morgan fingerprint density at radius 3 is 2.60 bits per heavy atom. The molecule has 3 aromatic rings. The molecule has 11 nitrogen and oxygen atoms in total. The van der Waals surface area contributed by atoms with E-state index in [1.165, 1.54) is 10.9 Å². The van der Waals surface area contributed by atoms with E-state index in [-0.39, 0.29) is 35.4 Å². The zero-order chi connectivity index (χ0) is 20.8. The minimum Gasteiger partial charge on any atom is -0.756 e. The van der Waals surface area contributed by atoms with Gasteiger partial charge >= 0.3 is 29.6 Å². The molecule has 2 aromatic heterocycles. The number of aliphatic hydroxyl groups excluding tert-OH is 2. The average Bonchev–Trinajstić information content (AvgIpc) is 3.20. The first kappa shape index (κ1) is 23.3. The fourth-order valence-corrected chi connectivity index (χ4v) is 3.74. The van der Waals surface area contributed by atoms with Crippen LogP contribution in [-0.4, -0.2) is 54.6 Å². The summed E-state index contributed by atoms with van der Waals surface area (Å²) in [6.45, 7) is -0.659. The van der Waals surface area contributed by atoms with Crippen LogP contribution in [-0.2, 0) is 13.8 Å². The van der Waals surface area contributed by atoms with Gasteiger partial charge in [0.2, 0.25) is 0 Å². The van der Waals surface area contributed by atoms with E-state index in [1.807, 2.05) is 30.3 Å². The largest absolute Gasteiger partial charge is 1.00 e. The molecule has 1 fully saturated rings. The van der Waals surface area contributed by atoms with Crippen molar-refractivity contribution < 1.29 is 63.4 Å². The zero-order valence-electron chi connectivity index (χ0n) is 15.9. The van der Waals surface area contributed by atoms with Crippen LogP contribution in [0.25, 0.3) is 22.2 Å². The Bertz CT molecular complexity index is 1080. The Kier molecular flexibility index (Phi) is 7.00. The van der Waals surface area contributed by atoms with Crippen LogP contribution in [0, 0.1) is 0 Å². The molecule has 2 unspecified atom stereocenters. The topological polar surface area (TPSA) is 176 Å². The van der Waals surface area contributed by atoms with E-state index in [9.17, 15) is 19.7 Å². The number of nitrogens with two attached hydrogens (primary N) is 1. The molecule has 13 heteroatoms. The maximum atomic E-state index is 10.8. The standard InChI is InChI=1S/C17H19N4O7P.Na/c18-15-12-10(9-4-2-1-3-5-9)6-21(16(12)20-8-19-15)17-14(23)13(22)11(28-17)7-27-29(24,25)26;/h1-6,8,11,13-14,17,22-23H,7H2,(H2,18,19,20)(H2,24,25,26);/q;+1/p-1/t11-,13?,14+,17-;/m1./s1. The predicted octanol–water partition coefficient (Wildman–Crippen LogP) is -3.22. The first-order valence-electron chi connectivity index (χ1n) is 8.62. The van der Waals surface area contributed by atoms with Gasteiger partial charge in [0, 0.05) is 11.8 Å². The third-order valence-electron chi connectivity index (χ3n) is 4.74. The average molecular weight is 444 g/mol. The molecule has 0 bridgehead atoms. The number of ether oxygens (including phenoxy) is 1. The second-order valence-corrected chi connectivity index (χ2v) is 7.78. The molecular weight excluding hydrogens is 426 g/mol. The zero-order valence-corrected chi connectivity index (χ0v) is 18.8. The monoisotopic (exact) mass is 444 g/mol. The molecule has 1 saturated heterocycles. The SMILES string of the molecule is Nc1ncnc2c1c(-c1ccccc1)cn2[C@@H]1O[C@H](COP(=O)([O-])O)C(O)[C@@H]1O.[Na+]. The van der Waals surface area contributed by atoms with Gasteiger partial charge in [-0.15, -0.1) is 0 Å². The Labute approximate surface area is 193 Å². The number of aromatic nitrogens is 3. The number of anilines is 1. The second kappa shape index (κ2) is 9.01. The minimum atomic E-state index is -5.00. The summed E-state index contributed by atoms with van der Waals surface area (Å²) in [5.41, 5.74) is 7.96. The summed E-state index contributed by atoms with van der Waals surface area (Å²) < 4.78 is 22.3. The molecule has 30 heavy (non-hydrogen) atoms. The Morgan fingerprint density at radius 2 is 1.93 bits per heavy atom. The molecular formula is C17H18N4NaO7P. The van der Waals surface area contributed by atoms with E-state index >= 15 is 0 Å². The number of rotatable bonds is 5.